The van der Waals surface area contributed by atoms with E-state index in [9.17, 15) is 4.79 Å². The molecule has 0 radical (unpaired) electrons. The fraction of sp³-hybridized carbons (Fsp3) is 0.875. The summed E-state index contributed by atoms with van der Waals surface area (Å²) in [6, 6.07) is 0.494. The number of rotatable bonds is 3. The van der Waals surface area contributed by atoms with Crippen molar-refractivity contribution in [2.45, 2.75) is 37.3 Å². The number of amides is 1. The van der Waals surface area contributed by atoms with Crippen molar-refractivity contribution in [1.29, 1.82) is 0 Å². The van der Waals surface area contributed by atoms with E-state index in [1.807, 2.05) is 7.05 Å². The van der Waals surface area contributed by atoms with E-state index in [0.29, 0.717) is 6.04 Å². The van der Waals surface area contributed by atoms with Crippen LogP contribution in [-0.2, 0) is 4.79 Å². The molecule has 2 rings (SSSR count). The third-order valence-electron chi connectivity index (χ3n) is 2.58. The summed E-state index contributed by atoms with van der Waals surface area (Å²) >= 11 is 0. The molecule has 1 amide bonds. The van der Waals surface area contributed by atoms with E-state index in [1.54, 1.807) is 0 Å². The van der Waals surface area contributed by atoms with E-state index in [0.717, 1.165) is 12.8 Å². The summed E-state index contributed by atoms with van der Waals surface area (Å²) in [7, 11) is 1.86. The van der Waals surface area contributed by atoms with Gasteiger partial charge in [0.05, 0.1) is 5.54 Å². The maximum Gasteiger partial charge on any atom is 0.240 e. The zero-order valence-electron chi connectivity index (χ0n) is 6.81. The lowest BCUT2D eigenvalue weighted by molar-refractivity contribution is -0.124. The van der Waals surface area contributed by atoms with Gasteiger partial charge >= 0.3 is 0 Å². The fourth-order valence-corrected chi connectivity index (χ4v) is 1.27. The average Bonchev–Trinajstić information content (AvgIpc) is 2.84. The highest BCUT2D eigenvalue weighted by molar-refractivity contribution is 5.89. The molecule has 0 aliphatic heterocycles. The number of hydrogen-bond donors (Lipinski definition) is 2. The zero-order chi connectivity index (χ0) is 7.90. The number of likely N-dealkylation sites (N-methyl/N-ethyl adjacent to an activating group) is 1. The third-order valence-corrected chi connectivity index (χ3v) is 2.58. The second-order valence-electron chi connectivity index (χ2n) is 3.58. The summed E-state index contributed by atoms with van der Waals surface area (Å²) < 4.78 is 0. The Morgan fingerprint density at radius 1 is 1.45 bits per heavy atom. The van der Waals surface area contributed by atoms with Crippen molar-refractivity contribution in [3.63, 3.8) is 0 Å². The minimum absolute atomic E-state index is 0.178. The van der Waals surface area contributed by atoms with Crippen LogP contribution in [0.2, 0.25) is 0 Å². The normalized spacial score (nSPS) is 26.3. The van der Waals surface area contributed by atoms with E-state index in [4.69, 9.17) is 0 Å². The van der Waals surface area contributed by atoms with Crippen LogP contribution in [0.1, 0.15) is 25.7 Å². The summed E-state index contributed by atoms with van der Waals surface area (Å²) in [5.41, 5.74) is -0.178. The molecule has 2 saturated carbocycles. The highest BCUT2D eigenvalue weighted by Crippen LogP contribution is 2.35. The molecule has 2 aliphatic rings. The Kier molecular flexibility index (Phi) is 1.42. The summed E-state index contributed by atoms with van der Waals surface area (Å²) in [5.74, 6) is 0.211. The minimum atomic E-state index is -0.178. The second-order valence-corrected chi connectivity index (χ2v) is 3.58. The standard InChI is InChI=1S/C8H14N2O/c1-9-8(4-5-8)7(11)10-6-2-3-6/h6,9H,2-5H2,1H3,(H,10,11). The highest BCUT2D eigenvalue weighted by Gasteiger charge is 2.49. The predicted octanol–water partition coefficient (Wildman–Crippen LogP) is 0.0170. The lowest BCUT2D eigenvalue weighted by Crippen LogP contribution is -2.45. The van der Waals surface area contributed by atoms with Gasteiger partial charge in [0, 0.05) is 6.04 Å². The Labute approximate surface area is 66.5 Å². The van der Waals surface area contributed by atoms with Gasteiger partial charge in [-0.25, -0.2) is 0 Å². The van der Waals surface area contributed by atoms with Crippen LogP contribution < -0.4 is 10.6 Å². The maximum atomic E-state index is 11.4. The number of nitrogens with one attached hydrogen (secondary N) is 2. The van der Waals surface area contributed by atoms with E-state index < -0.39 is 0 Å². The van der Waals surface area contributed by atoms with Crippen molar-refractivity contribution in [1.82, 2.24) is 10.6 Å². The highest BCUT2D eigenvalue weighted by atomic mass is 16.2. The Morgan fingerprint density at radius 3 is 2.45 bits per heavy atom. The monoisotopic (exact) mass is 154 g/mol. The quantitative estimate of drug-likeness (QED) is 0.601. The number of hydrogen-bond acceptors (Lipinski definition) is 2. The van der Waals surface area contributed by atoms with Crippen LogP contribution in [0.3, 0.4) is 0 Å². The molecule has 0 aromatic rings. The van der Waals surface area contributed by atoms with Crippen molar-refractivity contribution in [2.24, 2.45) is 0 Å². The summed E-state index contributed by atoms with van der Waals surface area (Å²) in [5, 5.41) is 6.08. The Morgan fingerprint density at radius 2 is 2.09 bits per heavy atom. The fourth-order valence-electron chi connectivity index (χ4n) is 1.27. The van der Waals surface area contributed by atoms with Crippen LogP contribution in [0.15, 0.2) is 0 Å². The molecular formula is C8H14N2O. The van der Waals surface area contributed by atoms with Gasteiger partial charge in [0.15, 0.2) is 0 Å². The van der Waals surface area contributed by atoms with Gasteiger partial charge in [0.25, 0.3) is 0 Å². The zero-order valence-corrected chi connectivity index (χ0v) is 6.81. The van der Waals surface area contributed by atoms with Crippen molar-refractivity contribution < 1.29 is 4.79 Å². The van der Waals surface area contributed by atoms with Crippen LogP contribution in [-0.4, -0.2) is 24.5 Å². The molecule has 0 aromatic heterocycles. The smallest absolute Gasteiger partial charge is 0.240 e. The topological polar surface area (TPSA) is 41.1 Å². The SMILES string of the molecule is CNC1(C(=O)NC2CC2)CC1. The van der Waals surface area contributed by atoms with Gasteiger partial charge < -0.3 is 10.6 Å². The second kappa shape index (κ2) is 2.21. The van der Waals surface area contributed by atoms with E-state index in [1.165, 1.54) is 12.8 Å². The van der Waals surface area contributed by atoms with Crippen molar-refractivity contribution in [3.8, 4) is 0 Å². The van der Waals surface area contributed by atoms with E-state index in [-0.39, 0.29) is 11.4 Å². The number of carbonyl (C=O) groups is 1. The molecule has 3 heteroatoms. The molecular weight excluding hydrogens is 140 g/mol. The van der Waals surface area contributed by atoms with Crippen LogP contribution in [0.4, 0.5) is 0 Å². The molecule has 3 nitrogen and oxygen atoms in total. The lowest BCUT2D eigenvalue weighted by Gasteiger charge is -2.12. The first-order chi connectivity index (χ1) is 5.27. The first-order valence-corrected chi connectivity index (χ1v) is 4.27. The van der Waals surface area contributed by atoms with Gasteiger partial charge in [-0.3, -0.25) is 4.79 Å². The molecule has 0 spiro atoms. The first kappa shape index (κ1) is 7.10. The van der Waals surface area contributed by atoms with E-state index in [2.05, 4.69) is 10.6 Å². The van der Waals surface area contributed by atoms with Gasteiger partial charge in [-0.05, 0) is 32.7 Å². The molecule has 0 heterocycles. The van der Waals surface area contributed by atoms with Crippen LogP contribution in [0.25, 0.3) is 0 Å². The summed E-state index contributed by atoms with van der Waals surface area (Å²) in [4.78, 5) is 11.4. The van der Waals surface area contributed by atoms with Crippen molar-refractivity contribution in [2.75, 3.05) is 7.05 Å². The minimum Gasteiger partial charge on any atom is -0.352 e. The molecule has 0 atom stereocenters. The van der Waals surface area contributed by atoms with Crippen LogP contribution >= 0.6 is 0 Å². The van der Waals surface area contributed by atoms with E-state index >= 15 is 0 Å². The average molecular weight is 154 g/mol. The molecule has 2 aliphatic carbocycles. The Bertz CT molecular complexity index is 183. The third kappa shape index (κ3) is 1.25. The molecule has 2 fully saturated rings. The first-order valence-electron chi connectivity index (χ1n) is 4.27. The van der Waals surface area contributed by atoms with Crippen LogP contribution in [0, 0.1) is 0 Å². The van der Waals surface area contributed by atoms with Crippen molar-refractivity contribution in [3.05, 3.63) is 0 Å². The van der Waals surface area contributed by atoms with Gasteiger partial charge in [-0.15, -0.1) is 0 Å². The summed E-state index contributed by atoms with van der Waals surface area (Å²) in [6.45, 7) is 0. The number of carbonyl (C=O) groups excluding carboxylic acids is 1. The van der Waals surface area contributed by atoms with Crippen LogP contribution in [0.5, 0.6) is 0 Å². The molecule has 62 valence electrons. The van der Waals surface area contributed by atoms with Gasteiger partial charge in [0.1, 0.15) is 0 Å². The molecule has 0 bridgehead atoms. The lowest BCUT2D eigenvalue weighted by atomic mass is 10.2. The largest absolute Gasteiger partial charge is 0.352 e. The summed E-state index contributed by atoms with van der Waals surface area (Å²) in [6.07, 6.45) is 4.35. The molecule has 0 saturated heterocycles. The predicted molar refractivity (Wildman–Crippen MR) is 42.2 cm³/mol. The Balaban J connectivity index is 1.87. The molecule has 0 unspecified atom stereocenters. The van der Waals surface area contributed by atoms with Crippen molar-refractivity contribution >= 4 is 5.91 Å². The van der Waals surface area contributed by atoms with Gasteiger partial charge in [-0.2, -0.15) is 0 Å². The maximum absolute atomic E-state index is 11.4. The van der Waals surface area contributed by atoms with Gasteiger partial charge in [0.2, 0.25) is 5.91 Å². The molecule has 0 aromatic carbocycles. The molecule has 11 heavy (non-hydrogen) atoms. The van der Waals surface area contributed by atoms with Gasteiger partial charge in [-0.1, -0.05) is 0 Å². The molecule has 2 N–H and O–H groups in total. The Hall–Kier alpha value is -0.570.